The fourth-order valence-electron chi connectivity index (χ4n) is 6.36. The molecule has 2 aromatic rings. The van der Waals surface area contributed by atoms with Crippen LogP contribution in [0.5, 0.6) is 0 Å². The first-order valence-corrected chi connectivity index (χ1v) is 15.1. The maximum atomic E-state index is 12.3. The number of likely N-dealkylation sites (tertiary alicyclic amines) is 1. The summed E-state index contributed by atoms with van der Waals surface area (Å²) >= 11 is 0. The number of anilines is 4. The molecule has 41 heavy (non-hydrogen) atoms. The van der Waals surface area contributed by atoms with Crippen molar-refractivity contribution in [3.05, 3.63) is 52.3 Å². The third-order valence-electron chi connectivity index (χ3n) is 8.74. The van der Waals surface area contributed by atoms with Crippen LogP contribution in [0.1, 0.15) is 51.4 Å². The number of benzene rings is 2. The minimum Gasteiger partial charge on any atom is -0.397 e. The number of hydrogen-bond donors (Lipinski definition) is 4. The highest BCUT2D eigenvalue weighted by Gasteiger charge is 2.26. The zero-order chi connectivity index (χ0) is 29.2. The molecule has 7 N–H and O–H groups in total. The lowest BCUT2D eigenvalue weighted by Gasteiger charge is -2.37. The van der Waals surface area contributed by atoms with Gasteiger partial charge in [0, 0.05) is 69.2 Å². The molecule has 3 heterocycles. The first-order chi connectivity index (χ1) is 19.8. The number of halogens is 1. The highest BCUT2D eigenvalue weighted by molar-refractivity contribution is 5.70. The van der Waals surface area contributed by atoms with Crippen LogP contribution in [-0.2, 0) is 0 Å². The Bertz CT molecular complexity index is 1110. The van der Waals surface area contributed by atoms with Gasteiger partial charge < -0.3 is 32.3 Å². The van der Waals surface area contributed by atoms with Crippen molar-refractivity contribution < 1.29 is 9.31 Å². The Morgan fingerprint density at radius 3 is 1.93 bits per heavy atom. The van der Waals surface area contributed by atoms with Crippen LogP contribution in [-0.4, -0.2) is 79.2 Å². The van der Waals surface area contributed by atoms with Crippen LogP contribution in [0.15, 0.2) is 36.4 Å². The molecule has 0 unspecified atom stereocenters. The number of piperidine rings is 1. The van der Waals surface area contributed by atoms with Gasteiger partial charge in [-0.05, 0) is 75.9 Å². The second-order valence-electron chi connectivity index (χ2n) is 11.5. The molecule has 0 spiro atoms. The average Bonchev–Trinajstić information content (AvgIpc) is 3.71. The topological polar surface area (TPSA) is 143 Å². The van der Waals surface area contributed by atoms with E-state index in [0.717, 1.165) is 43.4 Å². The number of nitrogens with one attached hydrogen (secondary N) is 1. The van der Waals surface area contributed by atoms with E-state index in [2.05, 4.69) is 26.1 Å². The molecule has 0 radical (unpaired) electrons. The van der Waals surface area contributed by atoms with Crippen LogP contribution >= 0.6 is 0 Å². The molecular weight excluding hydrogens is 523 g/mol. The molecule has 4 aliphatic rings. The smallest absolute Gasteiger partial charge is 0.292 e. The number of nitro groups is 1. The lowest BCUT2D eigenvalue weighted by molar-refractivity contribution is -0.383. The van der Waals surface area contributed by atoms with E-state index >= 15 is 0 Å². The first-order valence-electron chi connectivity index (χ1n) is 15.1. The summed E-state index contributed by atoms with van der Waals surface area (Å²) in [5, 5.41) is 13.5. The third-order valence-corrected chi connectivity index (χ3v) is 8.74. The molecule has 0 atom stereocenters. The van der Waals surface area contributed by atoms with Gasteiger partial charge in [-0.15, -0.1) is 0 Å². The summed E-state index contributed by atoms with van der Waals surface area (Å²) in [4.78, 5) is 17.3. The fraction of sp³-hybridized carbons (Fsp3) is 0.600. The Morgan fingerprint density at radius 1 is 0.732 bits per heavy atom. The molecule has 4 fully saturated rings. The Balaban J connectivity index is 0.000000151. The highest BCUT2D eigenvalue weighted by atomic mass is 19.1. The summed E-state index contributed by atoms with van der Waals surface area (Å²) in [6, 6.07) is 10.7. The van der Waals surface area contributed by atoms with Gasteiger partial charge in [0.15, 0.2) is 0 Å². The molecule has 0 amide bonds. The van der Waals surface area contributed by atoms with Crippen molar-refractivity contribution in [1.29, 1.82) is 0 Å². The SMILES string of the molecule is C1CCC(N2CCNCC2)C1.Nc1cc(F)ccc1[N+](=O)[O-].Nc1ccc(N2CCC(N3CCCC3)CC2)cc1N. The van der Waals surface area contributed by atoms with Crippen LogP contribution in [0.2, 0.25) is 0 Å². The van der Waals surface area contributed by atoms with Crippen molar-refractivity contribution in [2.45, 2.75) is 63.5 Å². The molecule has 3 saturated heterocycles. The fourth-order valence-corrected chi connectivity index (χ4v) is 6.36. The van der Waals surface area contributed by atoms with E-state index in [4.69, 9.17) is 17.2 Å². The van der Waals surface area contributed by atoms with Gasteiger partial charge in [-0.1, -0.05) is 12.8 Å². The molecule has 0 aromatic heterocycles. The summed E-state index contributed by atoms with van der Waals surface area (Å²) in [7, 11) is 0. The van der Waals surface area contributed by atoms with Gasteiger partial charge in [0.05, 0.1) is 16.3 Å². The maximum absolute atomic E-state index is 12.3. The number of nitro benzene ring substituents is 1. The molecule has 0 bridgehead atoms. The van der Waals surface area contributed by atoms with Crippen molar-refractivity contribution in [2.75, 3.05) is 74.5 Å². The van der Waals surface area contributed by atoms with Gasteiger partial charge in [0.1, 0.15) is 11.5 Å². The first kappa shape index (κ1) is 30.8. The largest absolute Gasteiger partial charge is 0.397 e. The zero-order valence-corrected chi connectivity index (χ0v) is 24.1. The van der Waals surface area contributed by atoms with Gasteiger partial charge in [-0.25, -0.2) is 4.39 Å². The third kappa shape index (κ3) is 8.92. The molecule has 1 aliphatic carbocycles. The van der Waals surface area contributed by atoms with Crippen LogP contribution in [0.4, 0.5) is 32.8 Å². The minimum absolute atomic E-state index is 0.157. The van der Waals surface area contributed by atoms with E-state index in [0.29, 0.717) is 11.4 Å². The molecule has 3 aliphatic heterocycles. The molecule has 1 saturated carbocycles. The van der Waals surface area contributed by atoms with Crippen LogP contribution in [0.25, 0.3) is 0 Å². The second-order valence-corrected chi connectivity index (χ2v) is 11.5. The minimum atomic E-state index is -0.658. The Kier molecular flexibility index (Phi) is 11.4. The van der Waals surface area contributed by atoms with Gasteiger partial charge in [0.25, 0.3) is 5.69 Å². The van der Waals surface area contributed by atoms with Crippen molar-refractivity contribution in [3.8, 4) is 0 Å². The maximum Gasteiger partial charge on any atom is 0.292 e. The van der Waals surface area contributed by atoms with E-state index < -0.39 is 10.7 Å². The average molecular weight is 571 g/mol. The van der Waals surface area contributed by atoms with Crippen LogP contribution in [0, 0.1) is 15.9 Å². The number of nitrogens with zero attached hydrogens (tertiary/aromatic N) is 4. The Labute approximate surface area is 243 Å². The predicted molar refractivity (Wildman–Crippen MR) is 165 cm³/mol. The van der Waals surface area contributed by atoms with E-state index in [9.17, 15) is 14.5 Å². The summed E-state index contributed by atoms with van der Waals surface area (Å²) in [5.41, 5.74) is 19.0. The normalized spacial score (nSPS) is 20.7. The van der Waals surface area contributed by atoms with Crippen molar-refractivity contribution in [2.24, 2.45) is 0 Å². The molecular formula is C30H47FN8O2. The standard InChI is InChI=1S/C15H24N4.C9H18N2.C6H5FN2O2/c16-14-4-3-13(11-15(14)17)19-9-5-12(6-10-19)18-7-1-2-8-18;1-2-4-9(3-1)11-7-5-10-6-8-11;7-4-1-2-6(9(10)11)5(8)3-4/h3-4,11-12H,1-2,5-10,16-17H2;9-10H,1-8H2;1-3H,8H2. The quantitative estimate of drug-likeness (QED) is 0.243. The van der Waals surface area contributed by atoms with E-state index in [1.54, 1.807) is 0 Å². The number of nitrogens with two attached hydrogens (primary N) is 3. The van der Waals surface area contributed by atoms with E-state index in [1.807, 2.05) is 12.1 Å². The van der Waals surface area contributed by atoms with Gasteiger partial charge in [-0.2, -0.15) is 0 Å². The van der Waals surface area contributed by atoms with Gasteiger partial charge >= 0.3 is 0 Å². The van der Waals surface area contributed by atoms with Crippen LogP contribution < -0.4 is 27.4 Å². The van der Waals surface area contributed by atoms with Crippen molar-refractivity contribution >= 4 is 28.4 Å². The summed E-state index contributed by atoms with van der Waals surface area (Å²) in [5.74, 6) is -0.576. The monoisotopic (exact) mass is 570 g/mol. The van der Waals surface area contributed by atoms with E-state index in [1.165, 1.54) is 96.3 Å². The predicted octanol–water partition coefficient (Wildman–Crippen LogP) is 4.07. The van der Waals surface area contributed by atoms with Crippen LogP contribution in [0.3, 0.4) is 0 Å². The molecule has 6 rings (SSSR count). The molecule has 226 valence electrons. The lowest BCUT2D eigenvalue weighted by Crippen LogP contribution is -2.47. The Morgan fingerprint density at radius 2 is 1.34 bits per heavy atom. The van der Waals surface area contributed by atoms with Crippen molar-refractivity contribution in [3.63, 3.8) is 0 Å². The van der Waals surface area contributed by atoms with Gasteiger partial charge in [-0.3, -0.25) is 15.0 Å². The number of nitrogen functional groups attached to an aromatic ring is 3. The van der Waals surface area contributed by atoms with Gasteiger partial charge in [0.2, 0.25) is 0 Å². The highest BCUT2D eigenvalue weighted by Crippen LogP contribution is 2.28. The molecule has 10 nitrogen and oxygen atoms in total. The number of piperazine rings is 1. The van der Waals surface area contributed by atoms with E-state index in [-0.39, 0.29) is 11.4 Å². The van der Waals surface area contributed by atoms with Crippen molar-refractivity contribution in [1.82, 2.24) is 15.1 Å². The summed E-state index contributed by atoms with van der Waals surface area (Å²) < 4.78 is 12.3. The lowest BCUT2D eigenvalue weighted by atomic mass is 10.0. The zero-order valence-electron chi connectivity index (χ0n) is 24.1. The summed E-state index contributed by atoms with van der Waals surface area (Å²) in [6.07, 6.45) is 11.2. The molecule has 2 aromatic carbocycles. The summed E-state index contributed by atoms with van der Waals surface area (Å²) in [6.45, 7) is 9.84. The second kappa shape index (κ2) is 15.2. The number of hydrogen-bond acceptors (Lipinski definition) is 9. The molecule has 11 heteroatoms. The Hall–Kier alpha value is -3.15. The number of rotatable bonds is 4.